The number of aliphatic hydroxyl groups excluding tert-OH is 1. The molecule has 0 saturated heterocycles. The maximum Gasteiger partial charge on any atom is 0.125 e. The molecule has 0 spiro atoms. The van der Waals surface area contributed by atoms with Crippen molar-refractivity contribution in [3.8, 4) is 0 Å². The Morgan fingerprint density at radius 1 is 1.71 bits per heavy atom. The molecule has 1 heterocycles. The second-order valence-corrected chi connectivity index (χ2v) is 1.26. The van der Waals surface area contributed by atoms with Crippen molar-refractivity contribution in [2.75, 3.05) is 6.54 Å². The Morgan fingerprint density at radius 3 is 2.86 bits per heavy atom. The zero-order chi connectivity index (χ0) is 5.11. The molecule has 4 heteroatoms. The minimum atomic E-state index is 0.304. The van der Waals surface area contributed by atoms with E-state index in [4.69, 9.17) is 5.11 Å². The molecule has 4 N–H and O–H groups in total. The molecular weight excluding hydrogens is 94.1 g/mol. The van der Waals surface area contributed by atoms with Crippen LogP contribution in [0.25, 0.3) is 0 Å². The van der Waals surface area contributed by atoms with Crippen molar-refractivity contribution in [1.29, 1.82) is 0 Å². The van der Waals surface area contributed by atoms with E-state index in [1.807, 2.05) is 0 Å². The molecule has 0 fully saturated rings. The number of hydrogen-bond acceptors (Lipinski definition) is 4. The summed E-state index contributed by atoms with van der Waals surface area (Å²) in [6.45, 7) is 0.479. The van der Waals surface area contributed by atoms with Gasteiger partial charge in [0.25, 0.3) is 0 Å². The van der Waals surface area contributed by atoms with E-state index in [1.165, 1.54) is 6.20 Å². The normalized spacial score (nSPS) is 20.3. The van der Waals surface area contributed by atoms with Gasteiger partial charge in [-0.25, -0.2) is 5.43 Å². The molecule has 0 amide bonds. The molecule has 1 aliphatic heterocycles. The number of rotatable bonds is 0. The minimum Gasteiger partial charge on any atom is -0.509 e. The van der Waals surface area contributed by atoms with Crippen LogP contribution < -0.4 is 16.4 Å². The first-order chi connectivity index (χ1) is 3.39. The Morgan fingerprint density at radius 2 is 2.57 bits per heavy atom. The first-order valence-electron chi connectivity index (χ1n) is 2.01. The lowest BCUT2D eigenvalue weighted by molar-refractivity contribution is 0.337. The molecule has 40 valence electrons. The predicted molar refractivity (Wildman–Crippen MR) is 25.0 cm³/mol. The van der Waals surface area contributed by atoms with Crippen molar-refractivity contribution in [2.24, 2.45) is 0 Å². The van der Waals surface area contributed by atoms with Gasteiger partial charge in [-0.2, -0.15) is 5.53 Å². The Bertz CT molecular complexity index is 90.2. The van der Waals surface area contributed by atoms with Gasteiger partial charge < -0.3 is 10.5 Å². The Hall–Kier alpha value is -0.740. The summed E-state index contributed by atoms with van der Waals surface area (Å²) < 4.78 is 0. The summed E-state index contributed by atoms with van der Waals surface area (Å²) in [7, 11) is 0. The van der Waals surface area contributed by atoms with Crippen molar-refractivity contribution in [3.63, 3.8) is 0 Å². The summed E-state index contributed by atoms with van der Waals surface area (Å²) in [6.07, 6.45) is 1.48. The monoisotopic (exact) mass is 101 g/mol. The largest absolute Gasteiger partial charge is 0.509 e. The summed E-state index contributed by atoms with van der Waals surface area (Å²) in [5.74, 6) is 0.304. The lowest BCUT2D eigenvalue weighted by Crippen LogP contribution is -2.45. The molecule has 0 aromatic heterocycles. The molecule has 1 aliphatic rings. The van der Waals surface area contributed by atoms with E-state index < -0.39 is 0 Å². The number of hydrogen-bond donors (Lipinski definition) is 4. The van der Waals surface area contributed by atoms with E-state index in [9.17, 15) is 0 Å². The maximum atomic E-state index is 8.61. The fourth-order valence-electron chi connectivity index (χ4n) is 0.356. The molecule has 4 nitrogen and oxygen atoms in total. The van der Waals surface area contributed by atoms with Gasteiger partial charge in [-0.15, -0.1) is 0 Å². The van der Waals surface area contributed by atoms with Gasteiger partial charge in [-0.1, -0.05) is 0 Å². The molecule has 0 bridgehead atoms. The van der Waals surface area contributed by atoms with E-state index in [-0.39, 0.29) is 0 Å². The summed E-state index contributed by atoms with van der Waals surface area (Å²) in [5, 5.41) is 8.61. The minimum absolute atomic E-state index is 0.304. The van der Waals surface area contributed by atoms with Crippen molar-refractivity contribution in [1.82, 2.24) is 16.4 Å². The van der Waals surface area contributed by atoms with Gasteiger partial charge in [0.2, 0.25) is 0 Å². The van der Waals surface area contributed by atoms with Crippen molar-refractivity contribution >= 4 is 0 Å². The topological polar surface area (TPSA) is 56.3 Å². The van der Waals surface area contributed by atoms with E-state index >= 15 is 0 Å². The number of hydrazine groups is 2. The molecule has 0 aliphatic carbocycles. The van der Waals surface area contributed by atoms with Gasteiger partial charge in [0.05, 0.1) is 12.7 Å². The van der Waals surface area contributed by atoms with Crippen molar-refractivity contribution in [2.45, 2.75) is 0 Å². The highest BCUT2D eigenvalue weighted by Gasteiger charge is 1.94. The average Bonchev–Trinajstić information content (AvgIpc) is 1.69. The van der Waals surface area contributed by atoms with Gasteiger partial charge in [0.15, 0.2) is 0 Å². The van der Waals surface area contributed by atoms with Gasteiger partial charge >= 0.3 is 0 Å². The molecule has 0 saturated carbocycles. The Labute approximate surface area is 41.2 Å². The second kappa shape index (κ2) is 1.81. The highest BCUT2D eigenvalue weighted by molar-refractivity contribution is 4.91. The van der Waals surface area contributed by atoms with Crippen LogP contribution in [0.15, 0.2) is 12.0 Å². The molecule has 0 atom stereocenters. The second-order valence-electron chi connectivity index (χ2n) is 1.26. The van der Waals surface area contributed by atoms with Crippen LogP contribution in [0.1, 0.15) is 0 Å². The standard InChI is InChI=1S/C3H7N3O/c7-3-1-4-6-5-2-3/h1,4-7H,2H2. The fraction of sp³-hybridized carbons (Fsp3) is 0.333. The quantitative estimate of drug-likeness (QED) is 0.316. The molecular formula is C3H7N3O. The smallest absolute Gasteiger partial charge is 0.125 e. The van der Waals surface area contributed by atoms with Crippen LogP contribution in [-0.2, 0) is 0 Å². The molecule has 0 radical (unpaired) electrons. The van der Waals surface area contributed by atoms with Crippen molar-refractivity contribution in [3.05, 3.63) is 12.0 Å². The lowest BCUT2D eigenvalue weighted by Gasteiger charge is -2.11. The van der Waals surface area contributed by atoms with Crippen molar-refractivity contribution < 1.29 is 5.11 Å². The van der Waals surface area contributed by atoms with Gasteiger partial charge in [-0.05, 0) is 0 Å². The third kappa shape index (κ3) is 1.06. The van der Waals surface area contributed by atoms with Gasteiger partial charge in [0.1, 0.15) is 5.76 Å². The zero-order valence-corrected chi connectivity index (χ0v) is 3.73. The SMILES string of the molecule is OC1=CNNNC1. The van der Waals surface area contributed by atoms with E-state index in [0.29, 0.717) is 12.3 Å². The van der Waals surface area contributed by atoms with E-state index in [2.05, 4.69) is 16.4 Å². The molecule has 7 heavy (non-hydrogen) atoms. The first-order valence-corrected chi connectivity index (χ1v) is 2.01. The van der Waals surface area contributed by atoms with Crippen LogP contribution in [-0.4, -0.2) is 11.7 Å². The van der Waals surface area contributed by atoms with E-state index in [0.717, 1.165) is 0 Å². The van der Waals surface area contributed by atoms with Crippen LogP contribution in [0, 0.1) is 0 Å². The molecule has 0 aromatic rings. The lowest BCUT2D eigenvalue weighted by atomic mass is 10.5. The van der Waals surface area contributed by atoms with Gasteiger partial charge in [0, 0.05) is 0 Å². The summed E-state index contributed by atoms with van der Waals surface area (Å²) in [4.78, 5) is 0. The average molecular weight is 101 g/mol. The first kappa shape index (κ1) is 4.42. The van der Waals surface area contributed by atoms with Crippen LogP contribution in [0.5, 0.6) is 0 Å². The summed E-state index contributed by atoms with van der Waals surface area (Å²) in [6, 6.07) is 0. The van der Waals surface area contributed by atoms with Crippen LogP contribution >= 0.6 is 0 Å². The Balaban J connectivity index is 2.40. The van der Waals surface area contributed by atoms with Crippen LogP contribution in [0.3, 0.4) is 0 Å². The maximum absolute atomic E-state index is 8.61. The highest BCUT2D eigenvalue weighted by Crippen LogP contribution is 1.81. The zero-order valence-electron chi connectivity index (χ0n) is 3.73. The number of nitrogens with one attached hydrogen (secondary N) is 3. The van der Waals surface area contributed by atoms with Gasteiger partial charge in [-0.3, -0.25) is 0 Å². The Kier molecular flexibility index (Phi) is 1.14. The molecule has 1 rings (SSSR count). The van der Waals surface area contributed by atoms with Crippen LogP contribution in [0.4, 0.5) is 0 Å². The highest BCUT2D eigenvalue weighted by atomic mass is 16.3. The predicted octanol–water partition coefficient (Wildman–Crippen LogP) is -1.00. The van der Waals surface area contributed by atoms with Crippen LogP contribution in [0.2, 0.25) is 0 Å². The van der Waals surface area contributed by atoms with E-state index in [1.54, 1.807) is 0 Å². The number of aliphatic hydroxyl groups is 1. The molecule has 0 aromatic carbocycles. The summed E-state index contributed by atoms with van der Waals surface area (Å²) >= 11 is 0. The third-order valence-corrected chi connectivity index (χ3v) is 0.669. The summed E-state index contributed by atoms with van der Waals surface area (Å²) in [5.41, 5.74) is 7.80. The molecule has 0 unspecified atom stereocenters. The fourth-order valence-corrected chi connectivity index (χ4v) is 0.356. The third-order valence-electron chi connectivity index (χ3n) is 0.669.